The lowest BCUT2D eigenvalue weighted by atomic mass is 10.1. The average Bonchev–Trinajstić information content (AvgIpc) is 2.93. The molecule has 4 aromatic rings. The fourth-order valence-corrected chi connectivity index (χ4v) is 3.89. The normalized spacial score (nSPS) is 10.9. The molecule has 0 heterocycles. The Hall–Kier alpha value is -4.58. The Morgan fingerprint density at radius 2 is 1.28 bits per heavy atom. The number of nitrogens with one attached hydrogen (secondary N) is 1. The molecular formula is C33H34N2O4. The van der Waals surface area contributed by atoms with Gasteiger partial charge in [-0.2, -0.15) is 0 Å². The van der Waals surface area contributed by atoms with Crippen LogP contribution in [0.1, 0.15) is 42.3 Å². The predicted octanol–water partition coefficient (Wildman–Crippen LogP) is 7.71. The molecule has 0 aliphatic rings. The van der Waals surface area contributed by atoms with Gasteiger partial charge in [0, 0.05) is 24.3 Å². The third kappa shape index (κ3) is 8.75. The van der Waals surface area contributed by atoms with Crippen molar-refractivity contribution in [1.82, 2.24) is 4.90 Å². The Kier molecular flexibility index (Phi) is 9.00. The summed E-state index contributed by atoms with van der Waals surface area (Å²) in [5.74, 6) is 1.21. The highest BCUT2D eigenvalue weighted by molar-refractivity contribution is 6.04. The highest BCUT2D eigenvalue weighted by atomic mass is 16.6. The van der Waals surface area contributed by atoms with Gasteiger partial charge >= 0.3 is 6.09 Å². The number of hydrogen-bond acceptors (Lipinski definition) is 4. The van der Waals surface area contributed by atoms with Crippen molar-refractivity contribution in [3.05, 3.63) is 126 Å². The monoisotopic (exact) mass is 522 g/mol. The highest BCUT2D eigenvalue weighted by Crippen LogP contribution is 2.24. The van der Waals surface area contributed by atoms with Crippen LogP contribution in [0.4, 0.5) is 10.5 Å². The van der Waals surface area contributed by atoms with Crippen molar-refractivity contribution in [3.63, 3.8) is 0 Å². The number of nitrogens with zero attached hydrogens (tertiary/aromatic N) is 1. The minimum Gasteiger partial charge on any atom is -0.457 e. The summed E-state index contributed by atoms with van der Waals surface area (Å²) in [4.78, 5) is 26.9. The van der Waals surface area contributed by atoms with Crippen molar-refractivity contribution >= 4 is 17.7 Å². The molecule has 0 bridgehead atoms. The number of ether oxygens (including phenoxy) is 2. The molecule has 0 unspecified atom stereocenters. The smallest absolute Gasteiger partial charge is 0.410 e. The molecule has 0 saturated heterocycles. The number of rotatable bonds is 9. The van der Waals surface area contributed by atoms with Crippen LogP contribution >= 0.6 is 0 Å². The Morgan fingerprint density at radius 3 is 1.87 bits per heavy atom. The van der Waals surface area contributed by atoms with Crippen LogP contribution in [0.15, 0.2) is 109 Å². The number of anilines is 1. The van der Waals surface area contributed by atoms with Crippen LogP contribution in [0.25, 0.3) is 0 Å². The molecule has 200 valence electrons. The molecule has 39 heavy (non-hydrogen) atoms. The van der Waals surface area contributed by atoms with E-state index in [0.29, 0.717) is 42.3 Å². The molecule has 2 amide bonds. The van der Waals surface area contributed by atoms with Gasteiger partial charge in [-0.3, -0.25) is 4.79 Å². The summed E-state index contributed by atoms with van der Waals surface area (Å²) in [5.41, 5.74) is 2.88. The predicted molar refractivity (Wildman–Crippen MR) is 154 cm³/mol. The van der Waals surface area contributed by atoms with Gasteiger partial charge in [0.15, 0.2) is 0 Å². The number of hydrogen-bond donors (Lipinski definition) is 1. The van der Waals surface area contributed by atoms with Gasteiger partial charge < -0.3 is 19.7 Å². The van der Waals surface area contributed by atoms with E-state index in [1.165, 1.54) is 0 Å². The molecule has 0 atom stereocenters. The summed E-state index contributed by atoms with van der Waals surface area (Å²) >= 11 is 0. The summed E-state index contributed by atoms with van der Waals surface area (Å²) in [6.07, 6.45) is 0.358. The van der Waals surface area contributed by atoms with Crippen LogP contribution in [0, 0.1) is 0 Å². The molecule has 6 heteroatoms. The Labute approximate surface area is 230 Å². The van der Waals surface area contributed by atoms with Crippen LogP contribution in [0.2, 0.25) is 0 Å². The second kappa shape index (κ2) is 12.8. The second-order valence-corrected chi connectivity index (χ2v) is 10.2. The molecule has 0 aromatic heterocycles. The number of carbonyl (C=O) groups excluding carboxylic acids is 2. The van der Waals surface area contributed by atoms with E-state index in [9.17, 15) is 9.59 Å². The molecule has 0 spiro atoms. The van der Waals surface area contributed by atoms with Crippen molar-refractivity contribution in [2.75, 3.05) is 11.9 Å². The lowest BCUT2D eigenvalue weighted by Crippen LogP contribution is -2.37. The number of amides is 2. The van der Waals surface area contributed by atoms with Crippen LogP contribution < -0.4 is 10.1 Å². The van der Waals surface area contributed by atoms with Gasteiger partial charge in [-0.25, -0.2) is 4.79 Å². The van der Waals surface area contributed by atoms with E-state index in [1.807, 2.05) is 118 Å². The van der Waals surface area contributed by atoms with Crippen LogP contribution in [0.5, 0.6) is 11.5 Å². The van der Waals surface area contributed by atoms with E-state index in [0.717, 1.165) is 11.1 Å². The van der Waals surface area contributed by atoms with Gasteiger partial charge in [0.1, 0.15) is 17.1 Å². The molecule has 4 aromatic carbocycles. The highest BCUT2D eigenvalue weighted by Gasteiger charge is 2.22. The molecule has 0 radical (unpaired) electrons. The van der Waals surface area contributed by atoms with Gasteiger partial charge in [0.25, 0.3) is 5.91 Å². The summed E-state index contributed by atoms with van der Waals surface area (Å²) in [6.45, 7) is 6.63. The molecular weight excluding hydrogens is 488 g/mol. The Bertz CT molecular complexity index is 1350. The Balaban J connectivity index is 1.32. The first-order valence-electron chi connectivity index (χ1n) is 13.0. The fraction of sp³-hybridized carbons (Fsp3) is 0.212. The molecule has 0 saturated carbocycles. The largest absolute Gasteiger partial charge is 0.457 e. The molecule has 4 rings (SSSR count). The lowest BCUT2D eigenvalue weighted by molar-refractivity contribution is 0.0235. The van der Waals surface area contributed by atoms with Gasteiger partial charge in [-0.15, -0.1) is 0 Å². The molecule has 0 fully saturated rings. The number of carbonyl (C=O) groups is 2. The van der Waals surface area contributed by atoms with Crippen molar-refractivity contribution < 1.29 is 19.1 Å². The van der Waals surface area contributed by atoms with Crippen molar-refractivity contribution in [1.29, 1.82) is 0 Å². The standard InChI is InChI=1S/C33H34N2O4/c1-33(2,3)39-32(37)35(24-26-10-6-4-7-11-26)23-22-25-14-18-29(19-15-25)38-30-20-16-28(17-21-30)34-31(36)27-12-8-5-9-13-27/h4-21H,22-24H2,1-3H3,(H,34,36). The minimum absolute atomic E-state index is 0.158. The fourth-order valence-electron chi connectivity index (χ4n) is 3.89. The molecule has 0 aliphatic carbocycles. The van der Waals surface area contributed by atoms with Crippen molar-refractivity contribution in [2.45, 2.75) is 39.3 Å². The van der Waals surface area contributed by atoms with Gasteiger partial charge in [-0.05, 0) is 86.8 Å². The maximum atomic E-state index is 12.9. The summed E-state index contributed by atoms with van der Waals surface area (Å²) in [6, 6.07) is 34.1. The van der Waals surface area contributed by atoms with Crippen molar-refractivity contribution in [2.24, 2.45) is 0 Å². The van der Waals surface area contributed by atoms with E-state index < -0.39 is 5.60 Å². The van der Waals surface area contributed by atoms with Gasteiger partial charge in [-0.1, -0.05) is 60.7 Å². The summed E-state index contributed by atoms with van der Waals surface area (Å²) in [5, 5.41) is 2.88. The SMILES string of the molecule is CC(C)(C)OC(=O)N(CCc1ccc(Oc2ccc(NC(=O)c3ccccc3)cc2)cc1)Cc1ccccc1. The van der Waals surface area contributed by atoms with Crippen molar-refractivity contribution in [3.8, 4) is 11.5 Å². The third-order valence-corrected chi connectivity index (χ3v) is 5.85. The van der Waals surface area contributed by atoms with Crippen LogP contribution in [-0.4, -0.2) is 29.0 Å². The zero-order valence-corrected chi connectivity index (χ0v) is 22.6. The first-order chi connectivity index (χ1) is 18.7. The molecule has 6 nitrogen and oxygen atoms in total. The Morgan fingerprint density at radius 1 is 0.718 bits per heavy atom. The van der Waals surface area contributed by atoms with Gasteiger partial charge in [0.2, 0.25) is 0 Å². The lowest BCUT2D eigenvalue weighted by Gasteiger charge is -2.27. The number of benzene rings is 4. The van der Waals surface area contributed by atoms with E-state index in [2.05, 4.69) is 5.32 Å². The van der Waals surface area contributed by atoms with Crippen LogP contribution in [0.3, 0.4) is 0 Å². The minimum atomic E-state index is -0.559. The first kappa shape index (κ1) is 27.5. The van der Waals surface area contributed by atoms with E-state index in [-0.39, 0.29) is 12.0 Å². The van der Waals surface area contributed by atoms with Gasteiger partial charge in [0.05, 0.1) is 0 Å². The maximum Gasteiger partial charge on any atom is 0.410 e. The van der Waals surface area contributed by atoms with E-state index in [1.54, 1.807) is 17.0 Å². The first-order valence-corrected chi connectivity index (χ1v) is 13.0. The zero-order valence-electron chi connectivity index (χ0n) is 22.6. The quantitative estimate of drug-likeness (QED) is 0.244. The topological polar surface area (TPSA) is 67.9 Å². The maximum absolute atomic E-state index is 12.9. The third-order valence-electron chi connectivity index (χ3n) is 5.85. The second-order valence-electron chi connectivity index (χ2n) is 10.2. The summed E-state index contributed by atoms with van der Waals surface area (Å²) < 4.78 is 11.6. The average molecular weight is 523 g/mol. The van der Waals surface area contributed by atoms with E-state index >= 15 is 0 Å². The zero-order chi connectivity index (χ0) is 27.7. The van der Waals surface area contributed by atoms with Crippen LogP contribution in [-0.2, 0) is 17.7 Å². The molecule has 0 aliphatic heterocycles. The van der Waals surface area contributed by atoms with E-state index in [4.69, 9.17) is 9.47 Å². The summed E-state index contributed by atoms with van der Waals surface area (Å²) in [7, 11) is 0. The molecule has 1 N–H and O–H groups in total.